The molecule has 2 unspecified atom stereocenters. The topological polar surface area (TPSA) is 25.8 Å². The highest BCUT2D eigenvalue weighted by molar-refractivity contribution is 9.11. The van der Waals surface area contributed by atoms with Crippen LogP contribution in [-0.2, 0) is 0 Å². The first kappa shape index (κ1) is 14.8. The number of pyridine rings is 2. The molecule has 0 radical (unpaired) electrons. The van der Waals surface area contributed by atoms with E-state index in [-0.39, 0.29) is 5.92 Å². The molecule has 0 bridgehead atoms. The van der Waals surface area contributed by atoms with Crippen LogP contribution in [0.2, 0.25) is 0 Å². The van der Waals surface area contributed by atoms with Crippen LogP contribution in [0.4, 0.5) is 0 Å². The van der Waals surface area contributed by atoms with Crippen LogP contribution in [0.3, 0.4) is 0 Å². The number of benzene rings is 1. The summed E-state index contributed by atoms with van der Waals surface area (Å²) in [5.41, 5.74) is 4.35. The summed E-state index contributed by atoms with van der Waals surface area (Å²) in [5.74, 6) is 0.554. The number of nitrogens with zero attached hydrogens (tertiary/aromatic N) is 2. The van der Waals surface area contributed by atoms with Gasteiger partial charge in [0.2, 0.25) is 0 Å². The fourth-order valence-electron chi connectivity index (χ4n) is 3.72. The number of hydrogen-bond donors (Lipinski definition) is 0. The van der Waals surface area contributed by atoms with Crippen molar-refractivity contribution in [3.8, 4) is 0 Å². The van der Waals surface area contributed by atoms with Crippen molar-refractivity contribution < 1.29 is 0 Å². The van der Waals surface area contributed by atoms with Crippen molar-refractivity contribution in [1.82, 2.24) is 9.97 Å². The lowest BCUT2D eigenvalue weighted by Crippen LogP contribution is -2.17. The standard InChI is InChI=1S/C22H15BrN2/c23-19-11-10-18(16-5-1-2-6-17(16)19)20-12-9-15-8-7-14-4-3-13-24-21(14)22(15)25-20/h1-13,16,18H. The summed E-state index contributed by atoms with van der Waals surface area (Å²) in [5, 5.41) is 2.26. The molecule has 25 heavy (non-hydrogen) atoms. The molecule has 0 amide bonds. The van der Waals surface area contributed by atoms with E-state index < -0.39 is 0 Å². The van der Waals surface area contributed by atoms with Gasteiger partial charge in [0.1, 0.15) is 0 Å². The predicted molar refractivity (Wildman–Crippen MR) is 107 cm³/mol. The fraction of sp³-hybridized carbons (Fsp3) is 0.0909. The minimum absolute atomic E-state index is 0.237. The molecule has 0 spiro atoms. The van der Waals surface area contributed by atoms with Crippen LogP contribution in [0.25, 0.3) is 21.8 Å². The van der Waals surface area contributed by atoms with Crippen molar-refractivity contribution in [1.29, 1.82) is 0 Å². The third-order valence-electron chi connectivity index (χ3n) is 4.97. The zero-order valence-electron chi connectivity index (χ0n) is 13.4. The molecule has 120 valence electrons. The number of hydrogen-bond acceptors (Lipinski definition) is 2. The molecule has 2 aliphatic rings. The second-order valence-corrected chi connectivity index (χ2v) is 7.26. The maximum atomic E-state index is 5.03. The van der Waals surface area contributed by atoms with Gasteiger partial charge in [-0.1, -0.05) is 76.7 Å². The number of rotatable bonds is 1. The lowest BCUT2D eigenvalue weighted by atomic mass is 9.78. The van der Waals surface area contributed by atoms with Gasteiger partial charge < -0.3 is 0 Å². The van der Waals surface area contributed by atoms with Gasteiger partial charge in [-0.05, 0) is 17.7 Å². The first-order chi connectivity index (χ1) is 12.3. The second-order valence-electron chi connectivity index (χ2n) is 6.41. The Balaban J connectivity index is 1.69. The zero-order valence-corrected chi connectivity index (χ0v) is 15.0. The summed E-state index contributed by atoms with van der Waals surface area (Å²) in [6.45, 7) is 0. The summed E-state index contributed by atoms with van der Waals surface area (Å²) in [6.07, 6.45) is 14.9. The molecule has 3 aromatic rings. The van der Waals surface area contributed by atoms with E-state index in [9.17, 15) is 0 Å². The predicted octanol–water partition coefficient (Wildman–Crippen LogP) is 5.83. The van der Waals surface area contributed by atoms with Crippen LogP contribution >= 0.6 is 15.9 Å². The highest BCUT2D eigenvalue weighted by atomic mass is 79.9. The van der Waals surface area contributed by atoms with Gasteiger partial charge in [0, 0.05) is 39.0 Å². The molecular weight excluding hydrogens is 372 g/mol. The van der Waals surface area contributed by atoms with E-state index in [0.29, 0.717) is 5.92 Å². The van der Waals surface area contributed by atoms with Crippen molar-refractivity contribution >= 4 is 37.7 Å². The van der Waals surface area contributed by atoms with E-state index in [1.807, 2.05) is 12.3 Å². The van der Waals surface area contributed by atoms with Crippen molar-refractivity contribution in [2.75, 3.05) is 0 Å². The molecule has 0 fully saturated rings. The SMILES string of the molecule is BrC1=C2C=CC=CC2C(c2ccc3ccc4cccnc4c3n2)C=C1. The monoisotopic (exact) mass is 386 g/mol. The highest BCUT2D eigenvalue weighted by Crippen LogP contribution is 2.41. The van der Waals surface area contributed by atoms with Crippen molar-refractivity contribution in [2.45, 2.75) is 5.92 Å². The molecule has 2 atom stereocenters. The zero-order chi connectivity index (χ0) is 16.8. The third kappa shape index (κ3) is 2.38. The molecule has 3 heteroatoms. The molecule has 0 aliphatic heterocycles. The van der Waals surface area contributed by atoms with E-state index in [4.69, 9.17) is 4.98 Å². The van der Waals surface area contributed by atoms with Gasteiger partial charge in [-0.3, -0.25) is 4.98 Å². The molecule has 2 nitrogen and oxygen atoms in total. The smallest absolute Gasteiger partial charge is 0.0968 e. The quantitative estimate of drug-likeness (QED) is 0.491. The van der Waals surface area contributed by atoms with Gasteiger partial charge in [0.05, 0.1) is 11.0 Å². The van der Waals surface area contributed by atoms with Crippen LogP contribution in [0.1, 0.15) is 11.6 Å². The average Bonchev–Trinajstić information content (AvgIpc) is 2.68. The van der Waals surface area contributed by atoms with E-state index in [2.05, 4.69) is 87.7 Å². The second kappa shape index (κ2) is 5.78. The van der Waals surface area contributed by atoms with Crippen LogP contribution in [0, 0.1) is 5.92 Å². The van der Waals surface area contributed by atoms with Gasteiger partial charge in [-0.15, -0.1) is 0 Å². The maximum absolute atomic E-state index is 5.03. The van der Waals surface area contributed by atoms with Crippen molar-refractivity contribution in [2.24, 2.45) is 5.92 Å². The van der Waals surface area contributed by atoms with Gasteiger partial charge in [0.25, 0.3) is 0 Å². The number of halogens is 1. The largest absolute Gasteiger partial charge is 0.254 e. The van der Waals surface area contributed by atoms with Crippen molar-refractivity contribution in [3.05, 3.63) is 94.8 Å². The fourth-order valence-corrected chi connectivity index (χ4v) is 4.27. The van der Waals surface area contributed by atoms with E-state index in [1.54, 1.807) is 0 Å². The normalized spacial score (nSPS) is 22.0. The van der Waals surface area contributed by atoms with Gasteiger partial charge >= 0.3 is 0 Å². The van der Waals surface area contributed by atoms with Gasteiger partial charge in [-0.25, -0.2) is 4.98 Å². The molecule has 5 rings (SSSR count). The number of fused-ring (bicyclic) bond motifs is 4. The minimum atomic E-state index is 0.237. The van der Waals surface area contributed by atoms with Crippen LogP contribution in [-0.4, -0.2) is 9.97 Å². The van der Waals surface area contributed by atoms with Gasteiger partial charge in [0.15, 0.2) is 0 Å². The Morgan fingerprint density at radius 3 is 2.56 bits per heavy atom. The summed E-state index contributed by atoms with van der Waals surface area (Å²) in [6, 6.07) is 12.6. The molecule has 2 heterocycles. The number of aromatic nitrogens is 2. The average molecular weight is 387 g/mol. The lowest BCUT2D eigenvalue weighted by molar-refractivity contribution is 0.654. The van der Waals surface area contributed by atoms with Crippen molar-refractivity contribution in [3.63, 3.8) is 0 Å². The number of allylic oxidation sites excluding steroid dienone is 8. The summed E-state index contributed by atoms with van der Waals surface area (Å²) in [7, 11) is 0. The Bertz CT molecular complexity index is 1120. The summed E-state index contributed by atoms with van der Waals surface area (Å²) < 4.78 is 1.15. The lowest BCUT2D eigenvalue weighted by Gasteiger charge is -2.28. The molecule has 2 aliphatic carbocycles. The minimum Gasteiger partial charge on any atom is -0.254 e. The van der Waals surface area contributed by atoms with E-state index in [1.165, 1.54) is 5.57 Å². The van der Waals surface area contributed by atoms with E-state index in [0.717, 1.165) is 32.0 Å². The Labute approximate surface area is 154 Å². The van der Waals surface area contributed by atoms with Crippen LogP contribution < -0.4 is 0 Å². The Kier molecular flexibility index (Phi) is 3.42. The molecule has 0 saturated carbocycles. The first-order valence-electron chi connectivity index (χ1n) is 8.38. The Morgan fingerprint density at radius 2 is 1.64 bits per heavy atom. The van der Waals surface area contributed by atoms with Crippen LogP contribution in [0.5, 0.6) is 0 Å². The molecule has 0 saturated heterocycles. The van der Waals surface area contributed by atoms with Crippen LogP contribution in [0.15, 0.2) is 89.1 Å². The Hall–Kier alpha value is -2.52. The maximum Gasteiger partial charge on any atom is 0.0968 e. The molecular formula is C22H15BrN2. The summed E-state index contributed by atoms with van der Waals surface area (Å²) >= 11 is 3.68. The summed E-state index contributed by atoms with van der Waals surface area (Å²) in [4.78, 5) is 9.60. The molecule has 2 aromatic heterocycles. The van der Waals surface area contributed by atoms with E-state index >= 15 is 0 Å². The third-order valence-corrected chi connectivity index (χ3v) is 5.69. The molecule has 1 aromatic carbocycles. The van der Waals surface area contributed by atoms with Gasteiger partial charge in [-0.2, -0.15) is 0 Å². The highest BCUT2D eigenvalue weighted by Gasteiger charge is 2.28. The molecule has 0 N–H and O–H groups in total. The Morgan fingerprint density at radius 1 is 0.800 bits per heavy atom. The first-order valence-corrected chi connectivity index (χ1v) is 9.18.